The Kier molecular flexibility index (Phi) is 19.1. The third-order valence-electron chi connectivity index (χ3n) is 11.8. The molecule has 0 saturated carbocycles. The second kappa shape index (κ2) is 24.5. The normalized spacial score (nSPS) is 12.8. The number of para-hydroxylation sites is 2. The zero-order chi connectivity index (χ0) is 55.8. The molecular formula is C58H75BrN8O7Si2. The molecule has 2 aromatic carbocycles. The van der Waals surface area contributed by atoms with Crippen LogP contribution in [0.3, 0.4) is 0 Å². The van der Waals surface area contributed by atoms with Gasteiger partial charge in [0.05, 0.1) is 41.1 Å². The summed E-state index contributed by atoms with van der Waals surface area (Å²) in [4.78, 5) is 65.2. The quantitative estimate of drug-likeness (QED) is 0.0479. The van der Waals surface area contributed by atoms with Gasteiger partial charge in [0, 0.05) is 70.0 Å². The number of aromatic nitrogens is 8. The summed E-state index contributed by atoms with van der Waals surface area (Å²) in [5.74, 6) is 2.28. The van der Waals surface area contributed by atoms with E-state index < -0.39 is 32.4 Å². The van der Waals surface area contributed by atoms with Crippen LogP contribution in [0.1, 0.15) is 94.4 Å². The first-order valence-corrected chi connectivity index (χ1v) is 33.9. The van der Waals surface area contributed by atoms with Crippen molar-refractivity contribution in [2.75, 3.05) is 13.2 Å². The average Bonchev–Trinajstić information content (AvgIpc) is 4.03. The Balaban J connectivity index is 0.000000188. The molecule has 0 unspecified atom stereocenters. The van der Waals surface area contributed by atoms with E-state index in [1.807, 2.05) is 144 Å². The summed E-state index contributed by atoms with van der Waals surface area (Å²) < 4.78 is 27.6. The maximum atomic E-state index is 13.1. The molecule has 76 heavy (non-hydrogen) atoms. The van der Waals surface area contributed by atoms with E-state index in [4.69, 9.17) is 18.9 Å². The molecule has 8 rings (SSSR count). The van der Waals surface area contributed by atoms with E-state index in [0.29, 0.717) is 99.1 Å². The van der Waals surface area contributed by atoms with Crippen molar-refractivity contribution in [1.82, 2.24) is 39.0 Å². The SMILES string of the molecule is CC(C)(C)C(=O)C1=CCc2ncc(Oc3ccccc3)nc21.CC(C)(C)C(=O)c1cn(COCC[Si](C)(C)C)c2ncc(Br)nc12.CC(C)(C)C(=O)c1cn(COCC[Si](C)(C)C)c2ncc(Oc3ccccc3)nc12. The Morgan fingerprint density at radius 3 is 1.43 bits per heavy atom. The predicted molar refractivity (Wildman–Crippen MR) is 310 cm³/mol. The van der Waals surface area contributed by atoms with Gasteiger partial charge >= 0.3 is 0 Å². The number of fused-ring (bicyclic) bond motifs is 3. The number of rotatable bonds is 17. The van der Waals surface area contributed by atoms with Gasteiger partial charge in [-0.3, -0.25) is 19.4 Å². The van der Waals surface area contributed by atoms with Crippen LogP contribution in [0.15, 0.2) is 102 Å². The highest BCUT2D eigenvalue weighted by Crippen LogP contribution is 2.34. The number of benzene rings is 2. The number of hydrogen-bond donors (Lipinski definition) is 0. The van der Waals surface area contributed by atoms with E-state index in [-0.39, 0.29) is 17.3 Å². The Morgan fingerprint density at radius 2 is 0.987 bits per heavy atom. The average molecular weight is 1130 g/mol. The Hall–Kier alpha value is -6.06. The van der Waals surface area contributed by atoms with Crippen LogP contribution in [-0.2, 0) is 34.2 Å². The molecule has 0 atom stereocenters. The fourth-order valence-corrected chi connectivity index (χ4v) is 9.26. The van der Waals surface area contributed by atoms with Gasteiger partial charge in [-0.15, -0.1) is 0 Å². The molecule has 18 heteroatoms. The van der Waals surface area contributed by atoms with E-state index in [1.165, 1.54) is 0 Å². The molecule has 0 radical (unpaired) electrons. The number of halogens is 1. The smallest absolute Gasteiger partial charge is 0.238 e. The molecule has 15 nitrogen and oxygen atoms in total. The van der Waals surface area contributed by atoms with Crippen LogP contribution >= 0.6 is 15.9 Å². The molecule has 0 N–H and O–H groups in total. The molecule has 7 aromatic rings. The maximum absolute atomic E-state index is 13.1. The third kappa shape index (κ3) is 16.5. The van der Waals surface area contributed by atoms with Gasteiger partial charge in [-0.2, -0.15) is 0 Å². The molecular weight excluding hydrogens is 1060 g/mol. The van der Waals surface area contributed by atoms with Crippen molar-refractivity contribution >= 4 is 77.3 Å². The van der Waals surface area contributed by atoms with Crippen LogP contribution in [0, 0.1) is 16.2 Å². The maximum Gasteiger partial charge on any atom is 0.238 e. The number of nitrogens with zero attached hydrogens (tertiary/aromatic N) is 8. The molecule has 0 saturated heterocycles. The molecule has 5 aromatic heterocycles. The van der Waals surface area contributed by atoms with Crippen LogP contribution in [0.5, 0.6) is 23.3 Å². The van der Waals surface area contributed by atoms with Crippen molar-refractivity contribution in [1.29, 1.82) is 0 Å². The Labute approximate surface area is 458 Å². The molecule has 0 fully saturated rings. The molecule has 404 valence electrons. The van der Waals surface area contributed by atoms with E-state index in [2.05, 4.69) is 85.1 Å². The Morgan fingerprint density at radius 1 is 0.566 bits per heavy atom. The monoisotopic (exact) mass is 1130 g/mol. The van der Waals surface area contributed by atoms with Crippen LogP contribution in [0.25, 0.3) is 27.9 Å². The summed E-state index contributed by atoms with van der Waals surface area (Å²) in [5.41, 5.74) is 4.28. The van der Waals surface area contributed by atoms with Crippen molar-refractivity contribution in [3.05, 3.63) is 125 Å². The minimum Gasteiger partial charge on any atom is -0.437 e. The summed E-state index contributed by atoms with van der Waals surface area (Å²) in [7, 11) is -2.28. The van der Waals surface area contributed by atoms with Gasteiger partial charge in [0.2, 0.25) is 11.8 Å². The second-order valence-electron chi connectivity index (χ2n) is 24.4. The molecule has 0 aliphatic heterocycles. The van der Waals surface area contributed by atoms with E-state index in [9.17, 15) is 14.4 Å². The highest BCUT2D eigenvalue weighted by atomic mass is 79.9. The number of Topliss-reactive ketones (excluding diaryl/α,β-unsaturated/α-hetero) is 3. The fourth-order valence-electron chi connectivity index (χ4n) is 7.46. The summed E-state index contributed by atoms with van der Waals surface area (Å²) in [6.07, 6.45) is 11.0. The standard InChI is InChI=1S/C23H31N3O3Si.C18H18N2O2.C17H26BrN3O2Si/c1-23(2,3)21(27)18-15-26(16-28-12-13-30(4,5)6)22-20(18)25-19(14-24-22)29-17-10-8-7-9-11-17;1-18(2,3)17(21)13-9-10-14-16(13)20-15(11-19-14)22-12-7-5-4-6-8-12;1-17(2,3)15(22)12-10-21(11-23-7-8-24(4,5)6)16-14(12)20-13(18)9-19-16/h7-11,14-15H,12-13,16H2,1-6H3;4-9,11H,10H2,1-3H3;9-10H,7-8,11H2,1-6H3. The van der Waals surface area contributed by atoms with Crippen LogP contribution in [0.4, 0.5) is 0 Å². The highest BCUT2D eigenvalue weighted by molar-refractivity contribution is 9.10. The molecule has 5 heterocycles. The van der Waals surface area contributed by atoms with Gasteiger partial charge < -0.3 is 28.1 Å². The topological polar surface area (TPSA) is 175 Å². The second-order valence-corrected chi connectivity index (χ2v) is 36.4. The lowest BCUT2D eigenvalue weighted by Gasteiger charge is -2.17. The lowest BCUT2D eigenvalue weighted by Crippen LogP contribution is -2.22. The number of ketones is 3. The van der Waals surface area contributed by atoms with Crippen molar-refractivity contribution in [2.24, 2.45) is 16.2 Å². The Bertz CT molecular complexity index is 3180. The first-order chi connectivity index (χ1) is 35.5. The molecule has 0 bridgehead atoms. The van der Waals surface area contributed by atoms with Gasteiger partial charge in [-0.05, 0) is 52.3 Å². The van der Waals surface area contributed by atoms with Gasteiger partial charge in [-0.25, -0.2) is 24.9 Å². The van der Waals surface area contributed by atoms with Crippen molar-refractivity contribution in [3.63, 3.8) is 0 Å². The molecule has 1 aliphatic carbocycles. The lowest BCUT2D eigenvalue weighted by atomic mass is 9.86. The lowest BCUT2D eigenvalue weighted by molar-refractivity contribution is -0.120. The van der Waals surface area contributed by atoms with Crippen LogP contribution < -0.4 is 9.47 Å². The van der Waals surface area contributed by atoms with Gasteiger partial charge in [0.25, 0.3) is 0 Å². The van der Waals surface area contributed by atoms with Crippen molar-refractivity contribution in [3.8, 4) is 23.3 Å². The van der Waals surface area contributed by atoms with Crippen molar-refractivity contribution in [2.45, 2.75) is 134 Å². The summed E-state index contributed by atoms with van der Waals surface area (Å²) in [6, 6.07) is 21.0. The minimum absolute atomic E-state index is 0.0134. The summed E-state index contributed by atoms with van der Waals surface area (Å²) >= 11 is 3.34. The molecule has 1 aliphatic rings. The van der Waals surface area contributed by atoms with Gasteiger partial charge in [-0.1, -0.05) is 144 Å². The van der Waals surface area contributed by atoms with E-state index in [0.717, 1.165) is 24.4 Å². The number of hydrogen-bond acceptors (Lipinski definition) is 13. The van der Waals surface area contributed by atoms with E-state index in [1.54, 1.807) is 24.8 Å². The van der Waals surface area contributed by atoms with Gasteiger partial charge in [0.15, 0.2) is 28.6 Å². The highest BCUT2D eigenvalue weighted by Gasteiger charge is 2.32. The largest absolute Gasteiger partial charge is 0.437 e. The number of carbonyl (C=O) groups is 3. The first kappa shape index (κ1) is 59.2. The predicted octanol–water partition coefficient (Wildman–Crippen LogP) is 14.3. The van der Waals surface area contributed by atoms with Crippen molar-refractivity contribution < 1.29 is 33.3 Å². The number of carbonyl (C=O) groups excluding carboxylic acids is 3. The zero-order valence-corrected chi connectivity index (χ0v) is 50.6. The van der Waals surface area contributed by atoms with Crippen LogP contribution in [-0.4, -0.2) is 85.7 Å². The zero-order valence-electron chi connectivity index (χ0n) is 47.0. The molecule has 0 spiro atoms. The number of ether oxygens (including phenoxy) is 4. The summed E-state index contributed by atoms with van der Waals surface area (Å²) in [6.45, 7) is 33.2. The van der Waals surface area contributed by atoms with E-state index >= 15 is 0 Å². The fraction of sp³-hybridized carbons (Fsp3) is 0.431. The number of allylic oxidation sites excluding steroid dienone is 2. The first-order valence-electron chi connectivity index (χ1n) is 25.7. The minimum atomic E-state index is -1.16. The van der Waals surface area contributed by atoms with Crippen LogP contribution in [0.2, 0.25) is 51.4 Å². The summed E-state index contributed by atoms with van der Waals surface area (Å²) in [5, 5.41) is 0. The molecule has 0 amide bonds. The van der Waals surface area contributed by atoms with Gasteiger partial charge in [0.1, 0.15) is 40.6 Å². The third-order valence-corrected chi connectivity index (χ3v) is 15.6.